The summed E-state index contributed by atoms with van der Waals surface area (Å²) >= 11 is 0. The zero-order chi connectivity index (χ0) is 8.93. The first-order chi connectivity index (χ1) is 6.45. The number of hydrogen-bond acceptors (Lipinski definition) is 3. The van der Waals surface area contributed by atoms with E-state index >= 15 is 0 Å². The first-order valence-corrected chi connectivity index (χ1v) is 4.51. The molecule has 0 spiro atoms. The Morgan fingerprint density at radius 1 is 1.46 bits per heavy atom. The van der Waals surface area contributed by atoms with E-state index in [0.717, 1.165) is 26.1 Å². The highest BCUT2D eigenvalue weighted by molar-refractivity contribution is 5.08. The normalized spacial score (nSPS) is 18.5. The lowest BCUT2D eigenvalue weighted by Gasteiger charge is -2.22. The van der Waals surface area contributed by atoms with E-state index in [4.69, 9.17) is 9.47 Å². The van der Waals surface area contributed by atoms with Gasteiger partial charge in [0.25, 0.3) is 0 Å². The Morgan fingerprint density at radius 3 is 3.00 bits per heavy atom. The number of pyridine rings is 1. The number of aromatic nitrogens is 1. The van der Waals surface area contributed by atoms with E-state index in [9.17, 15) is 0 Å². The second-order valence-electron chi connectivity index (χ2n) is 3.03. The van der Waals surface area contributed by atoms with Crippen molar-refractivity contribution in [2.24, 2.45) is 0 Å². The quantitative estimate of drug-likeness (QED) is 0.686. The number of rotatable bonds is 2. The third kappa shape index (κ3) is 2.42. The lowest BCUT2D eigenvalue weighted by atomic mass is 10.2. The molecule has 2 heterocycles. The van der Waals surface area contributed by atoms with E-state index in [0.29, 0.717) is 5.88 Å². The molecular weight excluding hydrogens is 166 g/mol. The highest BCUT2D eigenvalue weighted by Crippen LogP contribution is 2.14. The number of nitrogens with zero attached hydrogens (tertiary/aromatic N) is 1. The summed E-state index contributed by atoms with van der Waals surface area (Å²) in [6.07, 6.45) is 3.80. The highest BCUT2D eigenvalue weighted by atomic mass is 16.5. The summed E-state index contributed by atoms with van der Waals surface area (Å²) in [6, 6.07) is 6.49. The third-order valence-electron chi connectivity index (χ3n) is 2.04. The van der Waals surface area contributed by atoms with Gasteiger partial charge in [-0.2, -0.15) is 0 Å². The smallest absolute Gasteiger partial charge is 0.213 e. The Morgan fingerprint density at radius 2 is 2.31 bits per heavy atom. The molecular formula is C10H12NO2. The molecule has 0 amide bonds. The SMILES string of the molecule is [c]1ccc(OC2CCOCC2)nc1. The monoisotopic (exact) mass is 178 g/mol. The molecule has 0 aliphatic carbocycles. The summed E-state index contributed by atoms with van der Waals surface area (Å²) in [5.41, 5.74) is 0. The van der Waals surface area contributed by atoms with Gasteiger partial charge in [-0.05, 0) is 6.07 Å². The molecule has 69 valence electrons. The van der Waals surface area contributed by atoms with Gasteiger partial charge in [0.05, 0.1) is 13.2 Å². The largest absolute Gasteiger partial charge is 0.474 e. The van der Waals surface area contributed by atoms with Crippen molar-refractivity contribution in [3.05, 3.63) is 24.4 Å². The van der Waals surface area contributed by atoms with Crippen LogP contribution in [0.5, 0.6) is 5.88 Å². The van der Waals surface area contributed by atoms with Crippen LogP contribution < -0.4 is 4.74 Å². The third-order valence-corrected chi connectivity index (χ3v) is 2.04. The van der Waals surface area contributed by atoms with E-state index in [1.165, 1.54) is 0 Å². The number of hydrogen-bond donors (Lipinski definition) is 0. The van der Waals surface area contributed by atoms with Gasteiger partial charge in [-0.3, -0.25) is 0 Å². The maximum atomic E-state index is 5.64. The van der Waals surface area contributed by atoms with Crippen LogP contribution in [0.3, 0.4) is 0 Å². The molecule has 1 aliphatic heterocycles. The average molecular weight is 178 g/mol. The summed E-state index contributed by atoms with van der Waals surface area (Å²) in [5.74, 6) is 0.686. The van der Waals surface area contributed by atoms with Crippen molar-refractivity contribution in [3.63, 3.8) is 0 Å². The van der Waals surface area contributed by atoms with Gasteiger partial charge in [-0.25, -0.2) is 4.98 Å². The fourth-order valence-electron chi connectivity index (χ4n) is 1.34. The molecule has 0 atom stereocenters. The van der Waals surface area contributed by atoms with Crippen molar-refractivity contribution in [1.82, 2.24) is 4.98 Å². The second kappa shape index (κ2) is 4.23. The van der Waals surface area contributed by atoms with Crippen LogP contribution in [0.25, 0.3) is 0 Å². The van der Waals surface area contributed by atoms with Gasteiger partial charge in [0.1, 0.15) is 6.10 Å². The van der Waals surface area contributed by atoms with Crippen LogP contribution in [0.2, 0.25) is 0 Å². The molecule has 3 heteroatoms. The van der Waals surface area contributed by atoms with Crippen LogP contribution >= 0.6 is 0 Å². The van der Waals surface area contributed by atoms with Gasteiger partial charge >= 0.3 is 0 Å². The molecule has 1 radical (unpaired) electrons. The molecule has 1 aromatic heterocycles. The molecule has 13 heavy (non-hydrogen) atoms. The molecule has 1 fully saturated rings. The maximum absolute atomic E-state index is 5.64. The van der Waals surface area contributed by atoms with E-state index < -0.39 is 0 Å². The lowest BCUT2D eigenvalue weighted by Crippen LogP contribution is -2.26. The topological polar surface area (TPSA) is 31.4 Å². The minimum atomic E-state index is 0.267. The molecule has 1 aromatic rings. The minimum Gasteiger partial charge on any atom is -0.474 e. The Balaban J connectivity index is 1.90. The zero-order valence-corrected chi connectivity index (χ0v) is 7.40. The molecule has 0 N–H and O–H groups in total. The highest BCUT2D eigenvalue weighted by Gasteiger charge is 2.15. The molecule has 0 unspecified atom stereocenters. The summed E-state index contributed by atoms with van der Waals surface area (Å²) in [6.45, 7) is 1.59. The average Bonchev–Trinajstić information content (AvgIpc) is 2.21. The van der Waals surface area contributed by atoms with Gasteiger partial charge in [-0.15, -0.1) is 0 Å². The van der Waals surface area contributed by atoms with Crippen molar-refractivity contribution in [2.45, 2.75) is 18.9 Å². The van der Waals surface area contributed by atoms with Crippen molar-refractivity contribution in [3.8, 4) is 5.88 Å². The Kier molecular flexibility index (Phi) is 2.77. The summed E-state index contributed by atoms with van der Waals surface area (Å²) < 4.78 is 10.9. The van der Waals surface area contributed by atoms with Gasteiger partial charge in [0.2, 0.25) is 5.88 Å². The molecule has 0 saturated carbocycles. The minimum absolute atomic E-state index is 0.267. The zero-order valence-electron chi connectivity index (χ0n) is 7.40. The molecule has 0 bridgehead atoms. The van der Waals surface area contributed by atoms with E-state index in [1.807, 2.05) is 12.1 Å². The standard InChI is InChI=1S/C10H12NO2/c1-2-6-11-10(3-1)13-9-4-7-12-8-5-9/h1,3,6,9H,4-5,7-8H2. The fourth-order valence-corrected chi connectivity index (χ4v) is 1.34. The van der Waals surface area contributed by atoms with Crippen LogP contribution in [0.4, 0.5) is 0 Å². The maximum Gasteiger partial charge on any atom is 0.213 e. The van der Waals surface area contributed by atoms with Crippen molar-refractivity contribution >= 4 is 0 Å². The van der Waals surface area contributed by atoms with Crippen LogP contribution in [0.15, 0.2) is 18.3 Å². The van der Waals surface area contributed by atoms with E-state index in [1.54, 1.807) is 6.20 Å². The molecule has 1 saturated heterocycles. The lowest BCUT2D eigenvalue weighted by molar-refractivity contribution is 0.0237. The molecule has 1 aliphatic rings. The summed E-state index contributed by atoms with van der Waals surface area (Å²) in [7, 11) is 0. The van der Waals surface area contributed by atoms with Crippen LogP contribution in [0, 0.1) is 6.07 Å². The van der Waals surface area contributed by atoms with Gasteiger partial charge < -0.3 is 9.47 Å². The Bertz CT molecular complexity index is 244. The van der Waals surface area contributed by atoms with Crippen molar-refractivity contribution in [1.29, 1.82) is 0 Å². The second-order valence-corrected chi connectivity index (χ2v) is 3.03. The van der Waals surface area contributed by atoms with Crippen molar-refractivity contribution in [2.75, 3.05) is 13.2 Å². The van der Waals surface area contributed by atoms with Crippen molar-refractivity contribution < 1.29 is 9.47 Å². The van der Waals surface area contributed by atoms with Crippen LogP contribution in [-0.2, 0) is 4.74 Å². The number of ether oxygens (including phenoxy) is 2. The van der Waals surface area contributed by atoms with Gasteiger partial charge in [0.15, 0.2) is 0 Å². The molecule has 3 nitrogen and oxygen atoms in total. The van der Waals surface area contributed by atoms with Crippen LogP contribution in [0.1, 0.15) is 12.8 Å². The van der Waals surface area contributed by atoms with E-state index in [-0.39, 0.29) is 6.10 Å². The van der Waals surface area contributed by atoms with E-state index in [2.05, 4.69) is 11.1 Å². The van der Waals surface area contributed by atoms with Crippen LogP contribution in [-0.4, -0.2) is 24.3 Å². The Labute approximate surface area is 77.7 Å². The molecule has 2 rings (SSSR count). The Hall–Kier alpha value is -1.09. The summed E-state index contributed by atoms with van der Waals surface area (Å²) in [4.78, 5) is 4.05. The van der Waals surface area contributed by atoms with Gasteiger partial charge in [0, 0.05) is 31.2 Å². The summed E-state index contributed by atoms with van der Waals surface area (Å²) in [5, 5.41) is 0. The predicted octanol–water partition coefficient (Wildman–Crippen LogP) is 1.44. The fraction of sp³-hybridized carbons (Fsp3) is 0.500. The first-order valence-electron chi connectivity index (χ1n) is 4.51. The first kappa shape index (κ1) is 8.51. The predicted molar refractivity (Wildman–Crippen MR) is 47.5 cm³/mol. The molecule has 0 aromatic carbocycles. The van der Waals surface area contributed by atoms with Gasteiger partial charge in [-0.1, -0.05) is 0 Å².